The van der Waals surface area contributed by atoms with Crippen LogP contribution in [0.15, 0.2) is 59.1 Å². The summed E-state index contributed by atoms with van der Waals surface area (Å²) in [5, 5.41) is 12.1. The van der Waals surface area contributed by atoms with Crippen LogP contribution in [0.25, 0.3) is 0 Å². The predicted octanol–water partition coefficient (Wildman–Crippen LogP) is 3.65. The second-order valence-electron chi connectivity index (χ2n) is 5.96. The van der Waals surface area contributed by atoms with E-state index in [9.17, 15) is 19.2 Å². The third-order valence-corrected chi connectivity index (χ3v) is 5.63. The van der Waals surface area contributed by atoms with Gasteiger partial charge in [-0.15, -0.1) is 0 Å². The smallest absolute Gasteiger partial charge is 0.264 e. The molecule has 2 amide bonds. The Morgan fingerprint density at radius 2 is 2.04 bits per heavy atom. The van der Waals surface area contributed by atoms with Crippen molar-refractivity contribution in [2.45, 2.75) is 11.7 Å². The number of amides is 2. The van der Waals surface area contributed by atoms with Crippen LogP contribution >= 0.6 is 23.4 Å². The molecular formula is C20H15ClFN3O2S. The lowest BCUT2D eigenvalue weighted by Crippen LogP contribution is -2.31. The number of hydrogen-bond donors (Lipinski definition) is 1. The highest BCUT2D eigenvalue weighted by Crippen LogP contribution is 2.42. The van der Waals surface area contributed by atoms with E-state index >= 15 is 0 Å². The van der Waals surface area contributed by atoms with E-state index in [4.69, 9.17) is 11.6 Å². The van der Waals surface area contributed by atoms with Gasteiger partial charge in [-0.05, 0) is 48.4 Å². The molecule has 2 aromatic rings. The largest absolute Gasteiger partial charge is 0.354 e. The van der Waals surface area contributed by atoms with Gasteiger partial charge in [0.1, 0.15) is 22.5 Å². The van der Waals surface area contributed by atoms with E-state index in [1.807, 2.05) is 12.1 Å². The maximum Gasteiger partial charge on any atom is 0.264 e. The fourth-order valence-corrected chi connectivity index (χ4v) is 4.34. The molecule has 0 aromatic heterocycles. The molecule has 1 heterocycles. The molecule has 1 fully saturated rings. The number of nitriles is 1. The summed E-state index contributed by atoms with van der Waals surface area (Å²) in [6.45, 7) is 0. The van der Waals surface area contributed by atoms with Gasteiger partial charge >= 0.3 is 0 Å². The molecule has 0 saturated carbocycles. The molecule has 3 rings (SSSR count). The molecule has 1 atom stereocenters. The standard InChI is InChI=1S/C20H15ClFN3O2S/c1-24-18(26)16(11-23)20-25(15-7-5-14(22)6-8-15)19(27)17(28-20)10-12-3-2-4-13(21)9-12/h2-9,17H,10H2,1H3,(H,24,26)/b20-16-/t17-/m0/s1. The highest BCUT2D eigenvalue weighted by Gasteiger charge is 2.40. The molecular weight excluding hydrogens is 401 g/mol. The quantitative estimate of drug-likeness (QED) is 0.611. The lowest BCUT2D eigenvalue weighted by Gasteiger charge is -2.18. The molecule has 5 nitrogen and oxygen atoms in total. The van der Waals surface area contributed by atoms with Crippen molar-refractivity contribution in [3.63, 3.8) is 0 Å². The average Bonchev–Trinajstić information content (AvgIpc) is 2.99. The molecule has 2 aromatic carbocycles. The van der Waals surface area contributed by atoms with Crippen molar-refractivity contribution in [2.24, 2.45) is 0 Å². The first-order chi connectivity index (χ1) is 13.4. The molecule has 1 saturated heterocycles. The van der Waals surface area contributed by atoms with Gasteiger partial charge in [0.05, 0.1) is 5.25 Å². The zero-order chi connectivity index (χ0) is 20.3. The van der Waals surface area contributed by atoms with E-state index in [-0.39, 0.29) is 16.5 Å². The average molecular weight is 416 g/mol. The number of likely N-dealkylation sites (N-methyl/N-ethyl adjacent to an activating group) is 1. The molecule has 0 bridgehead atoms. The number of nitrogens with one attached hydrogen (secondary N) is 1. The van der Waals surface area contributed by atoms with Gasteiger partial charge in [-0.3, -0.25) is 14.5 Å². The number of carbonyl (C=O) groups excluding carboxylic acids is 2. The van der Waals surface area contributed by atoms with Gasteiger partial charge in [-0.2, -0.15) is 5.26 Å². The predicted molar refractivity (Wildman–Crippen MR) is 107 cm³/mol. The summed E-state index contributed by atoms with van der Waals surface area (Å²) in [6.07, 6.45) is 0.373. The maximum absolute atomic E-state index is 13.3. The van der Waals surface area contributed by atoms with Crippen molar-refractivity contribution in [2.75, 3.05) is 11.9 Å². The zero-order valence-corrected chi connectivity index (χ0v) is 16.4. The molecule has 28 heavy (non-hydrogen) atoms. The Labute approximate surface area is 170 Å². The van der Waals surface area contributed by atoms with Crippen LogP contribution in [0.1, 0.15) is 5.56 Å². The molecule has 1 N–H and O–H groups in total. The molecule has 0 unspecified atom stereocenters. The van der Waals surface area contributed by atoms with Crippen molar-refractivity contribution in [3.8, 4) is 6.07 Å². The van der Waals surface area contributed by atoms with Gasteiger partial charge in [-0.25, -0.2) is 4.39 Å². The number of anilines is 1. The molecule has 142 valence electrons. The van der Waals surface area contributed by atoms with E-state index in [1.165, 1.54) is 36.2 Å². The minimum absolute atomic E-state index is 0.168. The van der Waals surface area contributed by atoms with Crippen LogP contribution in [-0.2, 0) is 16.0 Å². The maximum atomic E-state index is 13.3. The lowest BCUT2D eigenvalue weighted by molar-refractivity contribution is -0.117. The fourth-order valence-electron chi connectivity index (χ4n) is 2.82. The third kappa shape index (κ3) is 4.03. The van der Waals surface area contributed by atoms with Gasteiger partial charge in [0.15, 0.2) is 0 Å². The van der Waals surface area contributed by atoms with Crippen LogP contribution in [0.4, 0.5) is 10.1 Å². The molecule has 8 heteroatoms. The second kappa shape index (κ2) is 8.46. The number of benzene rings is 2. The van der Waals surface area contributed by atoms with Gasteiger partial charge < -0.3 is 5.32 Å². The summed E-state index contributed by atoms with van der Waals surface area (Å²) >= 11 is 7.16. The summed E-state index contributed by atoms with van der Waals surface area (Å²) in [5.74, 6) is -1.33. The Balaban J connectivity index is 2.04. The fraction of sp³-hybridized carbons (Fsp3) is 0.150. The van der Waals surface area contributed by atoms with Crippen LogP contribution < -0.4 is 10.2 Å². The monoisotopic (exact) mass is 415 g/mol. The van der Waals surface area contributed by atoms with E-state index < -0.39 is 17.0 Å². The van der Waals surface area contributed by atoms with Crippen molar-refractivity contribution in [3.05, 3.63) is 75.5 Å². The van der Waals surface area contributed by atoms with E-state index in [0.717, 1.165) is 17.3 Å². The number of hydrogen-bond acceptors (Lipinski definition) is 4. The van der Waals surface area contributed by atoms with Crippen LogP contribution in [0.5, 0.6) is 0 Å². The summed E-state index contributed by atoms with van der Waals surface area (Å²) in [6, 6.07) is 14.4. The first kappa shape index (κ1) is 19.9. The summed E-state index contributed by atoms with van der Waals surface area (Å²) in [5.41, 5.74) is 1.08. The molecule has 1 aliphatic rings. The summed E-state index contributed by atoms with van der Waals surface area (Å²) < 4.78 is 13.3. The van der Waals surface area contributed by atoms with Crippen molar-refractivity contribution >= 4 is 40.9 Å². The van der Waals surface area contributed by atoms with Crippen LogP contribution in [0.3, 0.4) is 0 Å². The highest BCUT2D eigenvalue weighted by atomic mass is 35.5. The first-order valence-corrected chi connectivity index (χ1v) is 9.57. The summed E-state index contributed by atoms with van der Waals surface area (Å²) in [4.78, 5) is 26.6. The lowest BCUT2D eigenvalue weighted by atomic mass is 10.1. The van der Waals surface area contributed by atoms with Gasteiger partial charge in [0, 0.05) is 17.8 Å². The highest BCUT2D eigenvalue weighted by molar-refractivity contribution is 8.05. The third-order valence-electron chi connectivity index (χ3n) is 4.13. The zero-order valence-electron chi connectivity index (χ0n) is 14.8. The minimum Gasteiger partial charge on any atom is -0.354 e. The second-order valence-corrected chi connectivity index (χ2v) is 7.59. The van der Waals surface area contributed by atoms with Crippen molar-refractivity contribution in [1.82, 2.24) is 5.32 Å². The number of halogens is 2. The Kier molecular flexibility index (Phi) is 6.02. The Morgan fingerprint density at radius 3 is 2.64 bits per heavy atom. The first-order valence-electron chi connectivity index (χ1n) is 8.31. The van der Waals surface area contributed by atoms with E-state index in [2.05, 4.69) is 5.32 Å². The molecule has 0 spiro atoms. The van der Waals surface area contributed by atoms with Gasteiger partial charge in [0.25, 0.3) is 5.91 Å². The van der Waals surface area contributed by atoms with Crippen molar-refractivity contribution in [1.29, 1.82) is 5.26 Å². The van der Waals surface area contributed by atoms with Crippen LogP contribution in [0, 0.1) is 17.1 Å². The number of thioether (sulfide) groups is 1. The van der Waals surface area contributed by atoms with Crippen molar-refractivity contribution < 1.29 is 14.0 Å². The van der Waals surface area contributed by atoms with Gasteiger partial charge in [-0.1, -0.05) is 35.5 Å². The SMILES string of the molecule is CNC(=O)/C(C#N)=C1\S[C@@H](Cc2cccc(Cl)c2)C(=O)N1c1ccc(F)cc1. The summed E-state index contributed by atoms with van der Waals surface area (Å²) in [7, 11) is 1.41. The number of rotatable bonds is 4. The molecule has 0 aliphatic carbocycles. The van der Waals surface area contributed by atoms with E-state index in [0.29, 0.717) is 17.1 Å². The number of carbonyl (C=O) groups is 2. The van der Waals surface area contributed by atoms with E-state index in [1.54, 1.807) is 18.2 Å². The number of nitrogens with zero attached hydrogens (tertiary/aromatic N) is 2. The Morgan fingerprint density at radius 1 is 1.32 bits per heavy atom. The van der Waals surface area contributed by atoms with Crippen LogP contribution in [0.2, 0.25) is 5.02 Å². The minimum atomic E-state index is -0.590. The molecule has 1 aliphatic heterocycles. The normalized spacial score (nSPS) is 18.0. The Hall–Kier alpha value is -2.82. The van der Waals surface area contributed by atoms with Gasteiger partial charge in [0.2, 0.25) is 5.91 Å². The topological polar surface area (TPSA) is 73.2 Å². The molecule has 0 radical (unpaired) electrons. The van der Waals surface area contributed by atoms with Crippen LogP contribution in [-0.4, -0.2) is 24.1 Å². The Bertz CT molecular complexity index is 1000.